The highest BCUT2D eigenvalue weighted by molar-refractivity contribution is 5.11. The van der Waals surface area contributed by atoms with Crippen molar-refractivity contribution in [2.45, 2.75) is 77.7 Å². The Kier molecular flexibility index (Phi) is 4.78. The van der Waals surface area contributed by atoms with Crippen LogP contribution in [0.5, 0.6) is 0 Å². The first-order valence-corrected chi connectivity index (χ1v) is 9.65. The maximum atomic E-state index is 10.3. The molecule has 0 spiro atoms. The Hall–Kier alpha value is -0.590. The monoisotopic (exact) mass is 319 g/mol. The molecule has 3 fully saturated rings. The highest BCUT2D eigenvalue weighted by atomic mass is 16.3. The fourth-order valence-electron chi connectivity index (χ4n) is 6.62. The van der Waals surface area contributed by atoms with Crippen LogP contribution in [0.3, 0.4) is 0 Å². The Morgan fingerprint density at radius 1 is 1.17 bits per heavy atom. The number of fused-ring (bicyclic) bond motifs is 3. The van der Waals surface area contributed by atoms with Crippen molar-refractivity contribution in [2.75, 3.05) is 6.61 Å². The molecule has 0 aromatic heterocycles. The number of nitriles is 1. The molecule has 0 aromatic rings. The van der Waals surface area contributed by atoms with E-state index in [4.69, 9.17) is 0 Å². The van der Waals surface area contributed by atoms with E-state index < -0.39 is 0 Å². The molecule has 3 nitrogen and oxygen atoms in total. The normalized spacial score (nSPS) is 47.4. The molecule has 0 bridgehead atoms. The zero-order valence-corrected chi connectivity index (χ0v) is 14.8. The highest BCUT2D eigenvalue weighted by Gasteiger charge is 2.58. The molecule has 23 heavy (non-hydrogen) atoms. The number of aliphatic hydroxyl groups excluding tert-OH is 2. The average molecular weight is 319 g/mol. The van der Waals surface area contributed by atoms with Crippen LogP contribution in [-0.4, -0.2) is 22.9 Å². The number of hydrogen-bond donors (Lipinski definition) is 2. The fourth-order valence-corrected chi connectivity index (χ4v) is 6.62. The zero-order chi connectivity index (χ0) is 16.7. The van der Waals surface area contributed by atoms with Crippen molar-refractivity contribution < 1.29 is 10.2 Å². The molecular formula is C20H33NO2. The Bertz CT molecular complexity index is 471. The van der Waals surface area contributed by atoms with Gasteiger partial charge in [0.1, 0.15) is 0 Å². The van der Waals surface area contributed by atoms with Gasteiger partial charge in [0, 0.05) is 6.61 Å². The fraction of sp³-hybridized carbons (Fsp3) is 0.950. The molecule has 3 aliphatic carbocycles. The topological polar surface area (TPSA) is 64.2 Å². The summed E-state index contributed by atoms with van der Waals surface area (Å²) in [5.74, 6) is 2.18. The van der Waals surface area contributed by atoms with Gasteiger partial charge in [-0.15, -0.1) is 0 Å². The van der Waals surface area contributed by atoms with E-state index in [1.165, 1.54) is 19.3 Å². The van der Waals surface area contributed by atoms with E-state index in [-0.39, 0.29) is 29.5 Å². The predicted molar refractivity (Wildman–Crippen MR) is 90.4 cm³/mol. The van der Waals surface area contributed by atoms with Gasteiger partial charge < -0.3 is 10.2 Å². The molecule has 0 aliphatic heterocycles. The van der Waals surface area contributed by atoms with Gasteiger partial charge in [0.15, 0.2) is 0 Å². The molecule has 0 amide bonds. The summed E-state index contributed by atoms with van der Waals surface area (Å²) in [6, 6.07) is 2.59. The largest absolute Gasteiger partial charge is 0.396 e. The van der Waals surface area contributed by atoms with E-state index in [1.54, 1.807) is 0 Å². The summed E-state index contributed by atoms with van der Waals surface area (Å²) in [7, 11) is 0. The van der Waals surface area contributed by atoms with Crippen LogP contribution in [0.15, 0.2) is 0 Å². The lowest BCUT2D eigenvalue weighted by atomic mass is 9.48. The van der Waals surface area contributed by atoms with E-state index in [1.807, 2.05) is 6.92 Å². The van der Waals surface area contributed by atoms with Gasteiger partial charge in [0.25, 0.3) is 0 Å². The maximum Gasteiger partial charge on any atom is 0.0661 e. The lowest BCUT2D eigenvalue weighted by Crippen LogP contribution is -2.51. The third-order valence-electron chi connectivity index (χ3n) is 7.97. The van der Waals surface area contributed by atoms with E-state index in [9.17, 15) is 15.5 Å². The summed E-state index contributed by atoms with van der Waals surface area (Å²) in [6.07, 6.45) is 9.65. The Labute approximate surface area is 141 Å². The molecule has 2 N–H and O–H groups in total. The minimum absolute atomic E-state index is 0.0198. The molecule has 7 atom stereocenters. The highest BCUT2D eigenvalue weighted by Crippen LogP contribution is 2.65. The molecule has 0 radical (unpaired) electrons. The molecule has 130 valence electrons. The van der Waals surface area contributed by atoms with Crippen LogP contribution < -0.4 is 0 Å². The van der Waals surface area contributed by atoms with Gasteiger partial charge in [-0.05, 0) is 86.9 Å². The summed E-state index contributed by atoms with van der Waals surface area (Å²) in [5, 5.41) is 29.5. The van der Waals surface area contributed by atoms with Crippen LogP contribution in [0.25, 0.3) is 0 Å². The average Bonchev–Trinajstić information content (AvgIpc) is 2.89. The van der Waals surface area contributed by atoms with Crippen molar-refractivity contribution in [2.24, 2.45) is 34.5 Å². The smallest absolute Gasteiger partial charge is 0.0661 e. The first-order valence-electron chi connectivity index (χ1n) is 9.65. The van der Waals surface area contributed by atoms with Crippen LogP contribution in [0.4, 0.5) is 0 Å². The van der Waals surface area contributed by atoms with Gasteiger partial charge in [-0.1, -0.05) is 13.3 Å². The van der Waals surface area contributed by atoms with Gasteiger partial charge in [-0.3, -0.25) is 0 Å². The number of nitrogens with zero attached hydrogens (tertiary/aromatic N) is 1. The molecule has 7 unspecified atom stereocenters. The molecule has 3 heteroatoms. The third kappa shape index (κ3) is 2.72. The van der Waals surface area contributed by atoms with Gasteiger partial charge in [0.2, 0.25) is 0 Å². The minimum atomic E-state index is -0.276. The summed E-state index contributed by atoms with van der Waals surface area (Å²) in [5.41, 5.74) is 0.227. The standard InChI is InChI=1S/C20H33NO2/c1-14(23)7-11-20(13-22)9-3-4-16-17-6-5-15(12-21)19(17,2)10-8-18(16)20/h14-18,22-23H,3-11,13H2,1-2H3. The van der Waals surface area contributed by atoms with Crippen LogP contribution in [0.1, 0.15) is 71.6 Å². The second kappa shape index (κ2) is 6.37. The van der Waals surface area contributed by atoms with E-state index in [0.717, 1.165) is 38.5 Å². The van der Waals surface area contributed by atoms with Crippen molar-refractivity contribution in [1.29, 1.82) is 5.26 Å². The van der Waals surface area contributed by atoms with Crippen LogP contribution in [0.2, 0.25) is 0 Å². The van der Waals surface area contributed by atoms with Gasteiger partial charge in [-0.25, -0.2) is 0 Å². The quantitative estimate of drug-likeness (QED) is 0.826. The summed E-state index contributed by atoms with van der Waals surface area (Å²) < 4.78 is 0. The molecule has 0 saturated heterocycles. The van der Waals surface area contributed by atoms with Gasteiger partial charge in [-0.2, -0.15) is 5.26 Å². The molecule has 3 saturated carbocycles. The molecule has 3 rings (SSSR count). The van der Waals surface area contributed by atoms with Gasteiger partial charge in [0.05, 0.1) is 18.1 Å². The van der Waals surface area contributed by atoms with Crippen LogP contribution in [0, 0.1) is 45.8 Å². The third-order valence-corrected chi connectivity index (χ3v) is 7.97. The Balaban J connectivity index is 1.83. The molecule has 3 aliphatic rings. The summed E-state index contributed by atoms with van der Waals surface area (Å²) in [4.78, 5) is 0. The molecule has 0 aromatic carbocycles. The van der Waals surface area contributed by atoms with Crippen molar-refractivity contribution in [3.63, 3.8) is 0 Å². The van der Waals surface area contributed by atoms with Crippen molar-refractivity contribution in [1.82, 2.24) is 0 Å². The number of rotatable bonds is 4. The SMILES string of the molecule is CC(O)CCC1(CO)CCCC2C1CCC1(C)C(C#N)CCC21. The van der Waals surface area contributed by atoms with E-state index in [2.05, 4.69) is 13.0 Å². The number of aliphatic hydroxyl groups is 2. The lowest BCUT2D eigenvalue weighted by Gasteiger charge is -2.56. The maximum absolute atomic E-state index is 10.3. The minimum Gasteiger partial charge on any atom is -0.396 e. The van der Waals surface area contributed by atoms with E-state index >= 15 is 0 Å². The van der Waals surface area contributed by atoms with Crippen LogP contribution in [-0.2, 0) is 0 Å². The first kappa shape index (κ1) is 17.2. The lowest BCUT2D eigenvalue weighted by molar-refractivity contribution is -0.0971. The second-order valence-electron chi connectivity index (χ2n) is 8.98. The van der Waals surface area contributed by atoms with Crippen molar-refractivity contribution in [3.8, 4) is 6.07 Å². The molecule has 0 heterocycles. The Morgan fingerprint density at radius 3 is 2.61 bits per heavy atom. The van der Waals surface area contributed by atoms with E-state index in [0.29, 0.717) is 17.8 Å². The summed E-state index contributed by atoms with van der Waals surface area (Å²) >= 11 is 0. The summed E-state index contributed by atoms with van der Waals surface area (Å²) in [6.45, 7) is 4.49. The van der Waals surface area contributed by atoms with Crippen molar-refractivity contribution in [3.05, 3.63) is 0 Å². The van der Waals surface area contributed by atoms with Gasteiger partial charge >= 0.3 is 0 Å². The Morgan fingerprint density at radius 2 is 1.96 bits per heavy atom. The predicted octanol–water partition coefficient (Wildman–Crippen LogP) is 3.89. The second-order valence-corrected chi connectivity index (χ2v) is 8.98. The first-order chi connectivity index (χ1) is 11.0. The van der Waals surface area contributed by atoms with Crippen LogP contribution >= 0.6 is 0 Å². The number of hydrogen-bond acceptors (Lipinski definition) is 3. The molecular weight excluding hydrogens is 286 g/mol. The van der Waals surface area contributed by atoms with Crippen molar-refractivity contribution >= 4 is 0 Å². The zero-order valence-electron chi connectivity index (χ0n) is 14.8.